The molecular weight excluding hydrogens is 520 g/mol. The average Bonchev–Trinajstić information content (AvgIpc) is 3.27. The predicted octanol–water partition coefficient (Wildman–Crippen LogP) is 4.54. The second-order valence-electron chi connectivity index (χ2n) is 14.8. The third-order valence-corrected chi connectivity index (χ3v) is 12.6. The molecule has 10 fully saturated rings. The molecule has 10 heteroatoms. The summed E-state index contributed by atoms with van der Waals surface area (Å²) >= 11 is 0. The number of carbonyl (C=O) groups excluding carboxylic acids is 2. The van der Waals surface area contributed by atoms with E-state index in [0.29, 0.717) is 24.7 Å². The van der Waals surface area contributed by atoms with Crippen LogP contribution in [-0.2, 0) is 48.1 Å². The van der Waals surface area contributed by atoms with Crippen LogP contribution in [0.4, 0.5) is 0 Å². The first kappa shape index (κ1) is 26.3. The zero-order chi connectivity index (χ0) is 27.9. The highest BCUT2D eigenvalue weighted by Crippen LogP contribution is 2.66. The van der Waals surface area contributed by atoms with Crippen molar-refractivity contribution >= 4 is 11.9 Å². The molecule has 0 aromatic rings. The summed E-state index contributed by atoms with van der Waals surface area (Å²) in [5, 5.41) is 0. The van der Waals surface area contributed by atoms with Crippen LogP contribution in [0.3, 0.4) is 0 Å². The first-order valence-corrected chi connectivity index (χ1v) is 15.4. The minimum atomic E-state index is -1.01. The molecule has 0 N–H and O–H groups in total. The Bertz CT molecular complexity index is 1130. The maximum absolute atomic E-state index is 14.1. The van der Waals surface area contributed by atoms with E-state index in [4.69, 9.17) is 38.5 Å². The van der Waals surface area contributed by atoms with E-state index in [0.717, 1.165) is 38.5 Å². The molecule has 2 aliphatic carbocycles. The molecule has 40 heavy (non-hydrogen) atoms. The summed E-state index contributed by atoms with van der Waals surface area (Å²) in [7, 11) is 0. The Kier molecular flexibility index (Phi) is 5.40. The lowest BCUT2D eigenvalue weighted by molar-refractivity contribution is -0.563. The van der Waals surface area contributed by atoms with E-state index in [2.05, 4.69) is 13.8 Å². The summed E-state index contributed by atoms with van der Waals surface area (Å²) in [4.78, 5) is 52.5. The van der Waals surface area contributed by atoms with Gasteiger partial charge < -0.3 is 18.9 Å². The van der Waals surface area contributed by atoms with Crippen LogP contribution in [0, 0.1) is 46.8 Å². The summed E-state index contributed by atoms with van der Waals surface area (Å²) in [6.45, 7) is 10.1. The molecule has 8 heterocycles. The van der Waals surface area contributed by atoms with Crippen LogP contribution in [0.5, 0.6) is 0 Å². The van der Waals surface area contributed by atoms with Crippen LogP contribution in [0.25, 0.3) is 0 Å². The molecule has 0 radical (unpaired) electrons. The maximum Gasteiger partial charge on any atom is 0.314 e. The van der Waals surface area contributed by atoms with E-state index in [1.165, 1.54) is 0 Å². The molecule has 0 aromatic carbocycles. The van der Waals surface area contributed by atoms with Gasteiger partial charge in [0.1, 0.15) is 0 Å². The minimum Gasteiger partial charge on any atom is -0.432 e. The van der Waals surface area contributed by atoms with Crippen LogP contribution >= 0.6 is 0 Å². The van der Waals surface area contributed by atoms with Crippen LogP contribution in [0.15, 0.2) is 0 Å². The second-order valence-corrected chi connectivity index (χ2v) is 14.8. The second kappa shape index (κ2) is 8.20. The predicted molar refractivity (Wildman–Crippen MR) is 134 cm³/mol. The monoisotopic (exact) mass is 562 g/mol. The number of fused-ring (bicyclic) bond motifs is 4. The van der Waals surface area contributed by atoms with Crippen molar-refractivity contribution in [3.8, 4) is 0 Å². The van der Waals surface area contributed by atoms with Gasteiger partial charge in [0.15, 0.2) is 11.2 Å². The van der Waals surface area contributed by atoms with E-state index >= 15 is 0 Å². The maximum atomic E-state index is 14.1. The van der Waals surface area contributed by atoms with Crippen molar-refractivity contribution in [2.24, 2.45) is 46.8 Å². The van der Waals surface area contributed by atoms with Crippen LogP contribution < -0.4 is 0 Å². The van der Waals surface area contributed by atoms with Gasteiger partial charge in [-0.25, -0.2) is 19.6 Å². The van der Waals surface area contributed by atoms with Crippen molar-refractivity contribution < 1.29 is 48.1 Å². The van der Waals surface area contributed by atoms with Gasteiger partial charge in [0.2, 0.25) is 24.2 Å². The number of esters is 2. The van der Waals surface area contributed by atoms with Crippen molar-refractivity contribution in [3.05, 3.63) is 0 Å². The van der Waals surface area contributed by atoms with E-state index in [9.17, 15) is 9.59 Å². The van der Waals surface area contributed by atoms with Gasteiger partial charge in [-0.3, -0.25) is 9.59 Å². The topological polar surface area (TPSA) is 108 Å². The summed E-state index contributed by atoms with van der Waals surface area (Å²) in [5.74, 6) is -2.66. The highest BCUT2D eigenvalue weighted by Gasteiger charge is 2.76. The molecule has 1 unspecified atom stereocenters. The van der Waals surface area contributed by atoms with Gasteiger partial charge in [-0.1, -0.05) is 13.8 Å². The van der Waals surface area contributed by atoms with Gasteiger partial charge in [-0.15, -0.1) is 0 Å². The van der Waals surface area contributed by atoms with Crippen molar-refractivity contribution in [1.29, 1.82) is 0 Å². The van der Waals surface area contributed by atoms with Crippen LogP contribution in [0.2, 0.25) is 0 Å². The largest absolute Gasteiger partial charge is 0.432 e. The lowest BCUT2D eigenvalue weighted by Crippen LogP contribution is -2.73. The summed E-state index contributed by atoms with van der Waals surface area (Å²) in [5.41, 5.74) is -2.83. The minimum absolute atomic E-state index is 0.109. The SMILES string of the molecule is C[C@@H]1CC[C@@H]2[C@]34OO[C@@](C)(CC[C@@H]13)O[C@H]4OC(=O)[C@@]2(C)CC1C(=O)O[C@@H]2O[C@]3(C)CC[C@H]4[C@H](C)CC[C@@H]1[C@@]24OO3. The van der Waals surface area contributed by atoms with Gasteiger partial charge in [0.25, 0.3) is 0 Å². The first-order valence-electron chi connectivity index (χ1n) is 15.4. The molecule has 0 amide bonds. The quantitative estimate of drug-likeness (QED) is 0.351. The third kappa shape index (κ3) is 3.16. The molecule has 8 saturated heterocycles. The lowest BCUT2D eigenvalue weighted by Gasteiger charge is -2.62. The van der Waals surface area contributed by atoms with Crippen molar-refractivity contribution in [2.45, 2.75) is 128 Å². The number of hydrogen-bond donors (Lipinski definition) is 0. The molecule has 2 saturated carbocycles. The van der Waals surface area contributed by atoms with Gasteiger partial charge in [-0.05, 0) is 77.6 Å². The van der Waals surface area contributed by atoms with E-state index in [1.54, 1.807) is 0 Å². The summed E-state index contributed by atoms with van der Waals surface area (Å²) in [6, 6.07) is 0. The highest BCUT2D eigenvalue weighted by atomic mass is 17.3. The normalized spacial score (nSPS) is 60.1. The Morgan fingerprint density at radius 1 is 0.675 bits per heavy atom. The molecule has 14 atom stereocenters. The first-order chi connectivity index (χ1) is 18.9. The van der Waals surface area contributed by atoms with E-state index in [-0.39, 0.29) is 42.0 Å². The smallest absolute Gasteiger partial charge is 0.314 e. The lowest BCUT2D eigenvalue weighted by atomic mass is 9.50. The van der Waals surface area contributed by atoms with Crippen molar-refractivity contribution in [3.63, 3.8) is 0 Å². The molecular formula is C30H42O10. The van der Waals surface area contributed by atoms with E-state index in [1.807, 2.05) is 20.8 Å². The number of ether oxygens (including phenoxy) is 4. The van der Waals surface area contributed by atoms with Gasteiger partial charge >= 0.3 is 11.9 Å². The molecule has 222 valence electrons. The molecule has 4 bridgehead atoms. The standard InChI is InChI=1S/C30H42O10/c1-15-6-8-20-17(22(31)33-24-29(20)18(15)10-12-27(4,35-24)37-39-29)14-26(3)21-9-7-16(2)19-11-13-28(5)36-25(34-23(26)32)30(19,21)40-38-28/h15-21,24-25H,6-14H2,1-5H3/t15-,16-,17?,18+,19+,20+,21+,24-,25-,26+,27+,28+,29-,30-/m1/s1. The Morgan fingerprint density at radius 2 is 1.25 bits per heavy atom. The number of carbonyl (C=O) groups is 2. The van der Waals surface area contributed by atoms with Crippen molar-refractivity contribution in [2.75, 3.05) is 0 Å². The van der Waals surface area contributed by atoms with Gasteiger partial charge in [0.05, 0.1) is 11.3 Å². The Hall–Kier alpha value is -1.30. The molecule has 10 aliphatic rings. The molecule has 0 aromatic heterocycles. The Balaban J connectivity index is 1.18. The number of hydrogen-bond acceptors (Lipinski definition) is 10. The fourth-order valence-electron chi connectivity index (χ4n) is 10.4. The molecule has 10 rings (SSSR count). The number of rotatable bonds is 2. The molecule has 2 spiro atoms. The Morgan fingerprint density at radius 3 is 1.93 bits per heavy atom. The molecule has 8 aliphatic heterocycles. The summed E-state index contributed by atoms with van der Waals surface area (Å²) in [6.07, 6.45) is 5.11. The van der Waals surface area contributed by atoms with Gasteiger partial charge in [-0.2, -0.15) is 0 Å². The average molecular weight is 563 g/mol. The van der Waals surface area contributed by atoms with Crippen molar-refractivity contribution in [1.82, 2.24) is 0 Å². The Labute approximate surface area is 234 Å². The third-order valence-electron chi connectivity index (χ3n) is 12.6. The zero-order valence-corrected chi connectivity index (χ0v) is 24.1. The fourth-order valence-corrected chi connectivity index (χ4v) is 10.4. The van der Waals surface area contributed by atoms with Crippen LogP contribution in [0.1, 0.15) is 92.4 Å². The van der Waals surface area contributed by atoms with E-state index < -0.39 is 46.7 Å². The van der Waals surface area contributed by atoms with Gasteiger partial charge in [0, 0.05) is 36.5 Å². The molecule has 10 nitrogen and oxygen atoms in total. The fraction of sp³-hybridized carbons (Fsp3) is 0.933. The summed E-state index contributed by atoms with van der Waals surface area (Å²) < 4.78 is 24.9. The highest BCUT2D eigenvalue weighted by molar-refractivity contribution is 5.81. The van der Waals surface area contributed by atoms with Crippen LogP contribution in [-0.4, -0.2) is 47.3 Å². The zero-order valence-electron chi connectivity index (χ0n) is 24.1.